The summed E-state index contributed by atoms with van der Waals surface area (Å²) < 4.78 is 30.9. The van der Waals surface area contributed by atoms with Crippen molar-refractivity contribution in [3.05, 3.63) is 29.8 Å². The molecule has 112 valence electrons. The molecule has 0 aliphatic heterocycles. The van der Waals surface area contributed by atoms with Crippen molar-refractivity contribution in [2.24, 2.45) is 0 Å². The SMILES string of the molecule is CCC(C)(O)CNS(=O)(=O)c1ccc(C(=O)OC)cc1. The van der Waals surface area contributed by atoms with Crippen molar-refractivity contribution in [2.45, 2.75) is 30.8 Å². The monoisotopic (exact) mass is 301 g/mol. The van der Waals surface area contributed by atoms with Crippen LogP contribution < -0.4 is 4.72 Å². The maximum Gasteiger partial charge on any atom is 0.337 e. The Morgan fingerprint density at radius 1 is 1.35 bits per heavy atom. The Morgan fingerprint density at radius 3 is 2.35 bits per heavy atom. The van der Waals surface area contributed by atoms with E-state index < -0.39 is 21.6 Å². The van der Waals surface area contributed by atoms with Gasteiger partial charge in [-0.25, -0.2) is 17.9 Å². The summed E-state index contributed by atoms with van der Waals surface area (Å²) in [5.74, 6) is -0.532. The Kier molecular flexibility index (Phi) is 5.27. The van der Waals surface area contributed by atoms with E-state index in [9.17, 15) is 18.3 Å². The van der Waals surface area contributed by atoms with E-state index in [1.807, 2.05) is 0 Å². The maximum absolute atomic E-state index is 12.0. The van der Waals surface area contributed by atoms with Crippen LogP contribution >= 0.6 is 0 Å². The van der Waals surface area contributed by atoms with Crippen LogP contribution in [0.1, 0.15) is 30.6 Å². The van der Waals surface area contributed by atoms with E-state index in [0.29, 0.717) is 6.42 Å². The van der Waals surface area contributed by atoms with Gasteiger partial charge in [0.25, 0.3) is 0 Å². The summed E-state index contributed by atoms with van der Waals surface area (Å²) in [5.41, 5.74) is -0.828. The number of hydrogen-bond acceptors (Lipinski definition) is 5. The predicted octanol–water partition coefficient (Wildman–Crippen LogP) is 0.912. The Balaban J connectivity index is 2.86. The predicted molar refractivity (Wildman–Crippen MR) is 73.9 cm³/mol. The summed E-state index contributed by atoms with van der Waals surface area (Å²) in [6.45, 7) is 3.24. The molecule has 20 heavy (non-hydrogen) atoms. The zero-order chi connectivity index (χ0) is 15.4. The second-order valence-electron chi connectivity index (χ2n) is 4.69. The van der Waals surface area contributed by atoms with Crippen molar-refractivity contribution in [1.82, 2.24) is 4.72 Å². The number of carbonyl (C=O) groups excluding carboxylic acids is 1. The minimum absolute atomic E-state index is 0.0251. The highest BCUT2D eigenvalue weighted by Gasteiger charge is 2.22. The lowest BCUT2D eigenvalue weighted by atomic mass is 10.1. The fourth-order valence-electron chi connectivity index (χ4n) is 1.35. The molecule has 7 heteroatoms. The van der Waals surface area contributed by atoms with Crippen LogP contribution in [0.5, 0.6) is 0 Å². The first-order valence-corrected chi connectivity index (χ1v) is 7.60. The summed E-state index contributed by atoms with van der Waals surface area (Å²) in [6, 6.07) is 5.38. The third-order valence-corrected chi connectivity index (χ3v) is 4.41. The lowest BCUT2D eigenvalue weighted by molar-refractivity contribution is 0.0599. The van der Waals surface area contributed by atoms with E-state index >= 15 is 0 Å². The molecule has 1 aromatic carbocycles. The van der Waals surface area contributed by atoms with Gasteiger partial charge in [0.2, 0.25) is 10.0 Å². The minimum Gasteiger partial charge on any atom is -0.465 e. The van der Waals surface area contributed by atoms with Gasteiger partial charge in [-0.3, -0.25) is 0 Å². The summed E-state index contributed by atoms with van der Waals surface area (Å²) >= 11 is 0. The minimum atomic E-state index is -3.71. The first kappa shape index (κ1) is 16.6. The normalized spacial score (nSPS) is 14.6. The quantitative estimate of drug-likeness (QED) is 0.762. The van der Waals surface area contributed by atoms with E-state index in [2.05, 4.69) is 9.46 Å². The van der Waals surface area contributed by atoms with Crippen molar-refractivity contribution < 1.29 is 23.1 Å². The highest BCUT2D eigenvalue weighted by atomic mass is 32.2. The highest BCUT2D eigenvalue weighted by molar-refractivity contribution is 7.89. The summed E-state index contributed by atoms with van der Waals surface area (Å²) in [7, 11) is -2.46. The summed E-state index contributed by atoms with van der Waals surface area (Å²) in [6.07, 6.45) is 0.427. The van der Waals surface area contributed by atoms with Crippen LogP contribution in [0.25, 0.3) is 0 Å². The fraction of sp³-hybridized carbons (Fsp3) is 0.462. The number of rotatable bonds is 6. The van der Waals surface area contributed by atoms with Gasteiger partial charge in [0.05, 0.1) is 23.2 Å². The average molecular weight is 301 g/mol. The molecule has 0 fully saturated rings. The van der Waals surface area contributed by atoms with Gasteiger partial charge in [-0.15, -0.1) is 0 Å². The zero-order valence-corrected chi connectivity index (χ0v) is 12.5. The Hall–Kier alpha value is -1.44. The molecule has 1 rings (SSSR count). The maximum atomic E-state index is 12.0. The second-order valence-corrected chi connectivity index (χ2v) is 6.46. The van der Waals surface area contributed by atoms with Crippen LogP contribution in [-0.4, -0.2) is 38.7 Å². The molecule has 0 spiro atoms. The van der Waals surface area contributed by atoms with Gasteiger partial charge in [-0.1, -0.05) is 6.92 Å². The molecule has 0 radical (unpaired) electrons. The van der Waals surface area contributed by atoms with Crippen molar-refractivity contribution in [1.29, 1.82) is 0 Å². The molecule has 0 aromatic heterocycles. The van der Waals surface area contributed by atoms with Gasteiger partial charge in [-0.05, 0) is 37.6 Å². The van der Waals surface area contributed by atoms with Crippen molar-refractivity contribution in [2.75, 3.05) is 13.7 Å². The van der Waals surface area contributed by atoms with E-state index in [1.54, 1.807) is 13.8 Å². The number of methoxy groups -OCH3 is 1. The zero-order valence-electron chi connectivity index (χ0n) is 11.7. The molecule has 0 heterocycles. The fourth-order valence-corrected chi connectivity index (χ4v) is 2.51. The largest absolute Gasteiger partial charge is 0.465 e. The lowest BCUT2D eigenvalue weighted by Crippen LogP contribution is -2.40. The number of aliphatic hydroxyl groups is 1. The topological polar surface area (TPSA) is 92.7 Å². The molecule has 0 saturated heterocycles. The molecule has 1 atom stereocenters. The van der Waals surface area contributed by atoms with Gasteiger partial charge in [-0.2, -0.15) is 0 Å². The third kappa shape index (κ3) is 4.29. The van der Waals surface area contributed by atoms with Gasteiger partial charge >= 0.3 is 5.97 Å². The Bertz CT molecular complexity index is 563. The molecule has 6 nitrogen and oxygen atoms in total. The average Bonchev–Trinajstić information content (AvgIpc) is 2.45. The smallest absolute Gasteiger partial charge is 0.337 e. The molecule has 2 N–H and O–H groups in total. The van der Waals surface area contributed by atoms with Crippen LogP contribution in [0.3, 0.4) is 0 Å². The van der Waals surface area contributed by atoms with Crippen LogP contribution in [0, 0.1) is 0 Å². The van der Waals surface area contributed by atoms with E-state index in [1.165, 1.54) is 31.4 Å². The van der Waals surface area contributed by atoms with Gasteiger partial charge in [0.15, 0.2) is 0 Å². The molecule has 0 aliphatic rings. The van der Waals surface area contributed by atoms with E-state index in [0.717, 1.165) is 0 Å². The van der Waals surface area contributed by atoms with Crippen LogP contribution in [0.2, 0.25) is 0 Å². The van der Waals surface area contributed by atoms with Gasteiger partial charge < -0.3 is 9.84 Å². The van der Waals surface area contributed by atoms with Crippen molar-refractivity contribution >= 4 is 16.0 Å². The molecule has 1 unspecified atom stereocenters. The lowest BCUT2D eigenvalue weighted by Gasteiger charge is -2.21. The molecule has 0 aliphatic carbocycles. The first-order chi connectivity index (χ1) is 9.22. The summed E-state index contributed by atoms with van der Waals surface area (Å²) in [5, 5.41) is 9.79. The number of sulfonamides is 1. The summed E-state index contributed by atoms with van der Waals surface area (Å²) in [4.78, 5) is 11.3. The van der Waals surface area contributed by atoms with Gasteiger partial charge in [0.1, 0.15) is 0 Å². The van der Waals surface area contributed by atoms with E-state index in [4.69, 9.17) is 0 Å². The molecule has 1 aromatic rings. The van der Waals surface area contributed by atoms with E-state index in [-0.39, 0.29) is 17.0 Å². The number of esters is 1. The molecule has 0 saturated carbocycles. The molecular formula is C13H19NO5S. The first-order valence-electron chi connectivity index (χ1n) is 6.12. The Morgan fingerprint density at radius 2 is 1.90 bits per heavy atom. The molecule has 0 amide bonds. The number of hydrogen-bond donors (Lipinski definition) is 2. The molecule has 0 bridgehead atoms. The number of nitrogens with one attached hydrogen (secondary N) is 1. The number of benzene rings is 1. The number of carbonyl (C=O) groups is 1. The van der Waals surface area contributed by atoms with Crippen LogP contribution in [0.15, 0.2) is 29.2 Å². The number of ether oxygens (including phenoxy) is 1. The van der Waals surface area contributed by atoms with Gasteiger partial charge in [0, 0.05) is 6.54 Å². The van der Waals surface area contributed by atoms with Crippen molar-refractivity contribution in [3.8, 4) is 0 Å². The molecular weight excluding hydrogens is 282 g/mol. The van der Waals surface area contributed by atoms with Crippen LogP contribution in [0.4, 0.5) is 0 Å². The highest BCUT2D eigenvalue weighted by Crippen LogP contribution is 2.13. The second kappa shape index (κ2) is 6.34. The van der Waals surface area contributed by atoms with Crippen molar-refractivity contribution in [3.63, 3.8) is 0 Å². The Labute approximate surface area is 118 Å². The standard InChI is InChI=1S/C13H19NO5S/c1-4-13(2,16)9-14-20(17,18)11-7-5-10(6-8-11)12(15)19-3/h5-8,14,16H,4,9H2,1-3H3. The third-order valence-electron chi connectivity index (χ3n) is 2.99. The van der Waals surface area contributed by atoms with Crippen LogP contribution in [-0.2, 0) is 14.8 Å².